The maximum Gasteiger partial charge on any atom is 0.268 e. The lowest BCUT2D eigenvalue weighted by atomic mass is 10.3. The Morgan fingerprint density at radius 1 is 1.48 bits per heavy atom. The number of rotatable bonds is 3. The standard InChI is InChI=1S/C15H14N4O2/c1-3-7-16-14(20)11-9-10-13(18(11)2)17-12-6-4-5-8-19(12)15(10)21/h3-6,8-9H,1,7H2,2H3,(H,16,20). The second-order valence-electron chi connectivity index (χ2n) is 4.67. The van der Waals surface area contributed by atoms with E-state index in [1.54, 1.807) is 42.1 Å². The highest BCUT2D eigenvalue weighted by molar-refractivity contribution is 5.98. The van der Waals surface area contributed by atoms with Crippen molar-refractivity contribution in [2.24, 2.45) is 7.05 Å². The summed E-state index contributed by atoms with van der Waals surface area (Å²) in [6, 6.07) is 6.91. The molecule has 21 heavy (non-hydrogen) atoms. The van der Waals surface area contributed by atoms with E-state index in [0.29, 0.717) is 28.9 Å². The number of aryl methyl sites for hydroxylation is 1. The molecule has 3 heterocycles. The first kappa shape index (κ1) is 13.1. The minimum atomic E-state index is -0.260. The molecule has 6 nitrogen and oxygen atoms in total. The lowest BCUT2D eigenvalue weighted by Gasteiger charge is -2.04. The number of hydrogen-bond acceptors (Lipinski definition) is 3. The van der Waals surface area contributed by atoms with Gasteiger partial charge >= 0.3 is 0 Å². The third kappa shape index (κ3) is 2.01. The van der Waals surface area contributed by atoms with Crippen molar-refractivity contribution in [3.63, 3.8) is 0 Å². The first-order chi connectivity index (χ1) is 10.1. The average molecular weight is 282 g/mol. The molecule has 6 heteroatoms. The van der Waals surface area contributed by atoms with Crippen LogP contribution < -0.4 is 10.9 Å². The SMILES string of the molecule is C=CCNC(=O)c1cc2c(=O)n3ccccc3nc2n1C. The summed E-state index contributed by atoms with van der Waals surface area (Å²) in [5, 5.41) is 3.12. The van der Waals surface area contributed by atoms with Crippen LogP contribution in [0.25, 0.3) is 16.7 Å². The number of fused-ring (bicyclic) bond motifs is 2. The van der Waals surface area contributed by atoms with Crippen LogP contribution in [0.5, 0.6) is 0 Å². The minimum absolute atomic E-state index is 0.186. The van der Waals surface area contributed by atoms with Crippen molar-refractivity contribution in [3.05, 3.63) is 59.2 Å². The summed E-state index contributed by atoms with van der Waals surface area (Å²) in [4.78, 5) is 29.0. The summed E-state index contributed by atoms with van der Waals surface area (Å²) in [5.41, 5.74) is 1.26. The molecule has 106 valence electrons. The molecule has 0 aliphatic heterocycles. The van der Waals surface area contributed by atoms with Crippen molar-refractivity contribution in [2.75, 3.05) is 6.54 Å². The summed E-state index contributed by atoms with van der Waals surface area (Å²) in [5.74, 6) is -0.260. The zero-order chi connectivity index (χ0) is 15.0. The maximum absolute atomic E-state index is 12.5. The highest BCUT2D eigenvalue weighted by Crippen LogP contribution is 2.14. The van der Waals surface area contributed by atoms with Gasteiger partial charge in [0.1, 0.15) is 17.0 Å². The Kier molecular flexibility index (Phi) is 3.06. The van der Waals surface area contributed by atoms with Gasteiger partial charge in [0.05, 0.1) is 5.39 Å². The third-order valence-corrected chi connectivity index (χ3v) is 3.35. The quantitative estimate of drug-likeness (QED) is 0.731. The van der Waals surface area contributed by atoms with Crippen LogP contribution in [0.2, 0.25) is 0 Å². The minimum Gasteiger partial charge on any atom is -0.347 e. The number of nitrogens with one attached hydrogen (secondary N) is 1. The monoisotopic (exact) mass is 282 g/mol. The molecule has 0 saturated heterocycles. The summed E-state index contributed by atoms with van der Waals surface area (Å²) in [6.07, 6.45) is 3.26. The lowest BCUT2D eigenvalue weighted by molar-refractivity contribution is 0.0950. The molecule has 0 unspecified atom stereocenters. The molecular formula is C15H14N4O2. The molecule has 0 spiro atoms. The zero-order valence-corrected chi connectivity index (χ0v) is 11.5. The smallest absolute Gasteiger partial charge is 0.268 e. The molecule has 0 fully saturated rings. The Bertz CT molecular complexity index is 920. The normalized spacial score (nSPS) is 10.9. The van der Waals surface area contributed by atoms with Gasteiger partial charge in [-0.05, 0) is 18.2 Å². The number of carbonyl (C=O) groups is 1. The second-order valence-corrected chi connectivity index (χ2v) is 4.67. The van der Waals surface area contributed by atoms with Crippen molar-refractivity contribution in [2.45, 2.75) is 0 Å². The average Bonchev–Trinajstić information content (AvgIpc) is 2.83. The summed E-state index contributed by atoms with van der Waals surface area (Å²) < 4.78 is 3.09. The highest BCUT2D eigenvalue weighted by atomic mass is 16.2. The Hall–Kier alpha value is -2.89. The van der Waals surface area contributed by atoms with Crippen LogP contribution in [0, 0.1) is 0 Å². The van der Waals surface area contributed by atoms with Crippen molar-refractivity contribution in [1.82, 2.24) is 19.3 Å². The topological polar surface area (TPSA) is 68.4 Å². The van der Waals surface area contributed by atoms with E-state index >= 15 is 0 Å². The van der Waals surface area contributed by atoms with Gasteiger partial charge in [0.2, 0.25) is 0 Å². The van der Waals surface area contributed by atoms with Gasteiger partial charge in [-0.2, -0.15) is 0 Å². The van der Waals surface area contributed by atoms with Gasteiger partial charge in [-0.15, -0.1) is 6.58 Å². The molecule has 0 aromatic carbocycles. The Morgan fingerprint density at radius 3 is 3.05 bits per heavy atom. The Balaban J connectivity index is 2.26. The fraction of sp³-hybridized carbons (Fsp3) is 0.133. The molecule has 3 rings (SSSR count). The fourth-order valence-electron chi connectivity index (χ4n) is 2.29. The Labute approximate surface area is 120 Å². The summed E-state index contributed by atoms with van der Waals surface area (Å²) >= 11 is 0. The van der Waals surface area contributed by atoms with Crippen LogP contribution in [-0.2, 0) is 7.05 Å². The molecule has 0 aliphatic carbocycles. The van der Waals surface area contributed by atoms with Gasteiger partial charge in [0.25, 0.3) is 11.5 Å². The third-order valence-electron chi connectivity index (χ3n) is 3.35. The molecule has 0 bridgehead atoms. The van der Waals surface area contributed by atoms with Crippen LogP contribution >= 0.6 is 0 Å². The van der Waals surface area contributed by atoms with E-state index in [1.165, 1.54) is 4.40 Å². The van der Waals surface area contributed by atoms with Gasteiger partial charge in [-0.1, -0.05) is 12.1 Å². The van der Waals surface area contributed by atoms with Crippen LogP contribution in [0.4, 0.5) is 0 Å². The molecule has 3 aromatic heterocycles. The van der Waals surface area contributed by atoms with Crippen molar-refractivity contribution >= 4 is 22.6 Å². The predicted molar refractivity (Wildman–Crippen MR) is 80.5 cm³/mol. The van der Waals surface area contributed by atoms with E-state index in [9.17, 15) is 9.59 Å². The number of hydrogen-bond donors (Lipinski definition) is 1. The first-order valence-corrected chi connectivity index (χ1v) is 6.49. The second kappa shape index (κ2) is 4.90. The molecule has 1 amide bonds. The van der Waals surface area contributed by atoms with Gasteiger partial charge in [-0.25, -0.2) is 4.98 Å². The molecule has 0 atom stereocenters. The van der Waals surface area contributed by atoms with Crippen molar-refractivity contribution < 1.29 is 4.79 Å². The van der Waals surface area contributed by atoms with Gasteiger partial charge in [0, 0.05) is 19.8 Å². The zero-order valence-electron chi connectivity index (χ0n) is 11.5. The van der Waals surface area contributed by atoms with E-state index in [1.807, 2.05) is 6.07 Å². The Morgan fingerprint density at radius 2 is 2.29 bits per heavy atom. The van der Waals surface area contributed by atoms with Crippen LogP contribution in [0.3, 0.4) is 0 Å². The first-order valence-electron chi connectivity index (χ1n) is 6.49. The number of pyridine rings is 1. The van der Waals surface area contributed by atoms with E-state index in [4.69, 9.17) is 0 Å². The van der Waals surface area contributed by atoms with E-state index in [0.717, 1.165) is 0 Å². The van der Waals surface area contributed by atoms with E-state index in [-0.39, 0.29) is 11.5 Å². The van der Waals surface area contributed by atoms with Crippen LogP contribution in [-0.4, -0.2) is 26.4 Å². The van der Waals surface area contributed by atoms with Gasteiger partial charge < -0.3 is 9.88 Å². The van der Waals surface area contributed by atoms with Gasteiger partial charge in [0.15, 0.2) is 0 Å². The van der Waals surface area contributed by atoms with Gasteiger partial charge in [-0.3, -0.25) is 14.0 Å². The number of carbonyl (C=O) groups excluding carboxylic acids is 1. The fourth-order valence-corrected chi connectivity index (χ4v) is 2.29. The van der Waals surface area contributed by atoms with Crippen LogP contribution in [0.15, 0.2) is 47.9 Å². The van der Waals surface area contributed by atoms with E-state index in [2.05, 4.69) is 16.9 Å². The maximum atomic E-state index is 12.5. The van der Waals surface area contributed by atoms with Crippen LogP contribution in [0.1, 0.15) is 10.5 Å². The van der Waals surface area contributed by atoms with E-state index < -0.39 is 0 Å². The number of nitrogens with zero attached hydrogens (tertiary/aromatic N) is 3. The molecule has 0 aliphatic rings. The molecule has 0 saturated carbocycles. The molecule has 0 radical (unpaired) electrons. The number of amides is 1. The molecule has 3 aromatic rings. The summed E-state index contributed by atoms with van der Waals surface area (Å²) in [6.45, 7) is 3.93. The molecule has 1 N–H and O–H groups in total. The predicted octanol–water partition coefficient (Wildman–Crippen LogP) is 1.10. The highest BCUT2D eigenvalue weighted by Gasteiger charge is 2.16. The van der Waals surface area contributed by atoms with Crippen molar-refractivity contribution in [1.29, 1.82) is 0 Å². The summed E-state index contributed by atoms with van der Waals surface area (Å²) in [7, 11) is 1.72. The van der Waals surface area contributed by atoms with Crippen molar-refractivity contribution in [3.8, 4) is 0 Å². The number of aromatic nitrogens is 3. The largest absolute Gasteiger partial charge is 0.347 e. The lowest BCUT2D eigenvalue weighted by Crippen LogP contribution is -2.25. The molecular weight excluding hydrogens is 268 g/mol.